The number of alkyl halides is 1. The Morgan fingerprint density at radius 3 is 2.12 bits per heavy atom. The summed E-state index contributed by atoms with van der Waals surface area (Å²) in [5.74, 6) is 0. The Morgan fingerprint density at radius 1 is 1.00 bits per heavy atom. The van der Waals surface area contributed by atoms with Gasteiger partial charge in [-0.3, -0.25) is 0 Å². The van der Waals surface area contributed by atoms with Crippen molar-refractivity contribution in [3.05, 3.63) is 81.9 Å². The van der Waals surface area contributed by atoms with E-state index in [0.717, 1.165) is 27.8 Å². The summed E-state index contributed by atoms with van der Waals surface area (Å²) < 4.78 is 14.8. The van der Waals surface area contributed by atoms with Gasteiger partial charge in [-0.15, -0.1) is 0 Å². The molecule has 0 saturated heterocycles. The molecule has 0 atom stereocenters. The molecule has 0 nitrogen and oxygen atoms in total. The fourth-order valence-electron chi connectivity index (χ4n) is 2.96. The molecule has 0 amide bonds. The highest BCUT2D eigenvalue weighted by atomic mass is 19.1. The Bertz CT molecular complexity index is 801. The maximum absolute atomic E-state index is 14.8. The van der Waals surface area contributed by atoms with Crippen LogP contribution in [0.15, 0.2) is 48.6 Å². The van der Waals surface area contributed by atoms with Gasteiger partial charge in [0.2, 0.25) is 0 Å². The topological polar surface area (TPSA) is 0 Å². The molecule has 2 aromatic rings. The molecule has 0 aliphatic heterocycles. The predicted molar refractivity (Wildman–Crippen MR) is 104 cm³/mol. The van der Waals surface area contributed by atoms with Crippen molar-refractivity contribution in [1.82, 2.24) is 0 Å². The van der Waals surface area contributed by atoms with Crippen LogP contribution in [0.2, 0.25) is 0 Å². The van der Waals surface area contributed by atoms with Gasteiger partial charge in [0.1, 0.15) is 5.67 Å². The highest BCUT2D eigenvalue weighted by molar-refractivity contribution is 5.92. The number of halogens is 1. The van der Waals surface area contributed by atoms with Crippen LogP contribution in [0.1, 0.15) is 54.2 Å². The lowest BCUT2D eigenvalue weighted by Gasteiger charge is -2.22. The number of hydrogen-bond acceptors (Lipinski definition) is 0. The molecule has 0 saturated carbocycles. The molecule has 2 aromatic carbocycles. The van der Waals surface area contributed by atoms with Crippen LogP contribution in [0.4, 0.5) is 4.39 Å². The summed E-state index contributed by atoms with van der Waals surface area (Å²) in [6.07, 6.45) is 2.12. The van der Waals surface area contributed by atoms with Crippen LogP contribution in [-0.4, -0.2) is 0 Å². The average Bonchev–Trinajstić information content (AvgIpc) is 2.45. The minimum Gasteiger partial charge on any atom is -0.239 e. The van der Waals surface area contributed by atoms with E-state index in [1.807, 2.05) is 32.0 Å². The Hall–Kier alpha value is -2.15. The second-order valence-corrected chi connectivity index (χ2v) is 7.22. The third kappa shape index (κ3) is 4.03. The summed E-state index contributed by atoms with van der Waals surface area (Å²) in [5, 5.41) is 0. The molecular formula is C23H27F. The first kappa shape index (κ1) is 18.2. The molecule has 0 aliphatic carbocycles. The van der Waals surface area contributed by atoms with Crippen molar-refractivity contribution >= 4 is 11.6 Å². The van der Waals surface area contributed by atoms with Gasteiger partial charge < -0.3 is 0 Å². The SMILES string of the molecule is C=C(C)/C(=C\c1ccc(C)cc1C)c1ccc(C)cc1C(C)(C)F. The molecule has 0 N–H and O–H groups in total. The van der Waals surface area contributed by atoms with E-state index in [9.17, 15) is 4.39 Å². The molecule has 0 spiro atoms. The van der Waals surface area contributed by atoms with Gasteiger partial charge in [-0.2, -0.15) is 0 Å². The Labute approximate surface area is 145 Å². The number of allylic oxidation sites excluding steroid dienone is 2. The standard InChI is InChI=1S/C23H27F/c1-15(2)21(14-19-10-8-16(3)12-18(19)5)20-11-9-17(4)13-22(20)23(6,7)24/h8-14H,1H2,2-7H3/b21-14+. The first-order valence-electron chi connectivity index (χ1n) is 8.35. The van der Waals surface area contributed by atoms with Crippen molar-refractivity contribution in [3.8, 4) is 0 Å². The monoisotopic (exact) mass is 322 g/mol. The lowest BCUT2D eigenvalue weighted by Crippen LogP contribution is -2.13. The molecule has 1 heteroatoms. The van der Waals surface area contributed by atoms with Crippen molar-refractivity contribution in [2.45, 2.75) is 47.2 Å². The lowest BCUT2D eigenvalue weighted by molar-refractivity contribution is 0.221. The second-order valence-electron chi connectivity index (χ2n) is 7.22. The maximum Gasteiger partial charge on any atom is 0.131 e. The second kappa shape index (κ2) is 6.76. The molecule has 0 unspecified atom stereocenters. The number of rotatable bonds is 4. The summed E-state index contributed by atoms with van der Waals surface area (Å²) in [4.78, 5) is 0. The van der Waals surface area contributed by atoms with E-state index in [0.29, 0.717) is 5.56 Å². The van der Waals surface area contributed by atoms with E-state index in [2.05, 4.69) is 44.7 Å². The average molecular weight is 322 g/mol. The van der Waals surface area contributed by atoms with Crippen molar-refractivity contribution in [2.24, 2.45) is 0 Å². The fourth-order valence-corrected chi connectivity index (χ4v) is 2.96. The van der Waals surface area contributed by atoms with Crippen LogP contribution in [0.3, 0.4) is 0 Å². The zero-order valence-corrected chi connectivity index (χ0v) is 15.6. The van der Waals surface area contributed by atoms with E-state index in [4.69, 9.17) is 0 Å². The van der Waals surface area contributed by atoms with Crippen molar-refractivity contribution in [2.75, 3.05) is 0 Å². The van der Waals surface area contributed by atoms with Crippen LogP contribution in [-0.2, 0) is 5.67 Å². The van der Waals surface area contributed by atoms with Crippen LogP contribution in [0.5, 0.6) is 0 Å². The quantitative estimate of drug-likeness (QED) is 0.423. The number of benzene rings is 2. The molecule has 2 rings (SSSR count). The van der Waals surface area contributed by atoms with E-state index < -0.39 is 5.67 Å². The molecule has 0 aliphatic rings. The van der Waals surface area contributed by atoms with Crippen LogP contribution < -0.4 is 0 Å². The largest absolute Gasteiger partial charge is 0.239 e. The minimum absolute atomic E-state index is 0.710. The van der Waals surface area contributed by atoms with Crippen LogP contribution in [0, 0.1) is 20.8 Å². The molecule has 0 aromatic heterocycles. The molecular weight excluding hydrogens is 295 g/mol. The van der Waals surface area contributed by atoms with Crippen molar-refractivity contribution in [1.29, 1.82) is 0 Å². The first-order valence-corrected chi connectivity index (χ1v) is 8.35. The molecule has 0 fully saturated rings. The van der Waals surface area contributed by atoms with Gasteiger partial charge in [0.15, 0.2) is 0 Å². The lowest BCUT2D eigenvalue weighted by atomic mass is 9.86. The highest BCUT2D eigenvalue weighted by Gasteiger charge is 2.24. The molecule has 0 heterocycles. The maximum atomic E-state index is 14.8. The van der Waals surface area contributed by atoms with E-state index >= 15 is 0 Å². The number of aryl methyl sites for hydroxylation is 3. The third-order valence-electron chi connectivity index (χ3n) is 4.29. The van der Waals surface area contributed by atoms with Crippen molar-refractivity contribution < 1.29 is 4.39 Å². The summed E-state index contributed by atoms with van der Waals surface area (Å²) in [6.45, 7) is 15.5. The van der Waals surface area contributed by atoms with Gasteiger partial charge >= 0.3 is 0 Å². The molecule has 126 valence electrons. The third-order valence-corrected chi connectivity index (χ3v) is 4.29. The van der Waals surface area contributed by atoms with Crippen molar-refractivity contribution in [3.63, 3.8) is 0 Å². The van der Waals surface area contributed by atoms with E-state index in [1.165, 1.54) is 11.1 Å². The molecule has 0 bridgehead atoms. The molecule has 24 heavy (non-hydrogen) atoms. The zero-order valence-electron chi connectivity index (χ0n) is 15.6. The zero-order chi connectivity index (χ0) is 18.1. The minimum atomic E-state index is -1.40. The van der Waals surface area contributed by atoms with Gasteiger partial charge in [0, 0.05) is 0 Å². The number of hydrogen-bond donors (Lipinski definition) is 0. The normalized spacial score (nSPS) is 12.4. The van der Waals surface area contributed by atoms with Gasteiger partial charge in [0.05, 0.1) is 0 Å². The summed E-state index contributed by atoms with van der Waals surface area (Å²) in [6, 6.07) is 12.4. The smallest absolute Gasteiger partial charge is 0.131 e. The highest BCUT2D eigenvalue weighted by Crippen LogP contribution is 2.36. The van der Waals surface area contributed by atoms with Crippen LogP contribution >= 0.6 is 0 Å². The first-order chi connectivity index (χ1) is 11.1. The van der Waals surface area contributed by atoms with Gasteiger partial charge in [0.25, 0.3) is 0 Å². The van der Waals surface area contributed by atoms with E-state index in [-0.39, 0.29) is 0 Å². The van der Waals surface area contributed by atoms with E-state index in [1.54, 1.807) is 13.8 Å². The van der Waals surface area contributed by atoms with Gasteiger partial charge in [-0.05, 0) is 75.4 Å². The fraction of sp³-hybridized carbons (Fsp3) is 0.304. The summed E-state index contributed by atoms with van der Waals surface area (Å²) >= 11 is 0. The predicted octanol–water partition coefficient (Wildman–Crippen LogP) is 6.93. The Kier molecular flexibility index (Phi) is 5.13. The Morgan fingerprint density at radius 2 is 1.58 bits per heavy atom. The van der Waals surface area contributed by atoms with Gasteiger partial charge in [-0.1, -0.05) is 59.7 Å². The van der Waals surface area contributed by atoms with Crippen LogP contribution in [0.25, 0.3) is 11.6 Å². The Balaban J connectivity index is 2.69. The summed E-state index contributed by atoms with van der Waals surface area (Å²) in [5.41, 5.74) is 6.80. The van der Waals surface area contributed by atoms with Gasteiger partial charge in [-0.25, -0.2) is 4.39 Å². The molecule has 0 radical (unpaired) electrons. The summed E-state index contributed by atoms with van der Waals surface area (Å²) in [7, 11) is 0.